The molecule has 0 amide bonds. The van der Waals surface area contributed by atoms with Crippen LogP contribution in [0.5, 0.6) is 5.75 Å². The van der Waals surface area contributed by atoms with E-state index in [1.807, 2.05) is 6.07 Å². The topological polar surface area (TPSA) is 66.1 Å². The molecule has 1 N–H and O–H groups in total. The van der Waals surface area contributed by atoms with Crippen molar-refractivity contribution in [1.82, 2.24) is 20.3 Å². The van der Waals surface area contributed by atoms with Crippen molar-refractivity contribution in [2.24, 2.45) is 4.99 Å². The second kappa shape index (κ2) is 11.1. The Kier molecular flexibility index (Phi) is 8.79. The maximum Gasteiger partial charge on any atom is 0.193 e. The summed E-state index contributed by atoms with van der Waals surface area (Å²) in [6, 6.07) is 8.05. The Morgan fingerprint density at radius 3 is 2.78 bits per heavy atom. The molecule has 27 heavy (non-hydrogen) atoms. The van der Waals surface area contributed by atoms with E-state index in [2.05, 4.69) is 25.3 Å². The van der Waals surface area contributed by atoms with Crippen LogP contribution in [-0.2, 0) is 6.54 Å². The summed E-state index contributed by atoms with van der Waals surface area (Å²) in [7, 11) is 1.78. The molecule has 0 bridgehead atoms. The van der Waals surface area contributed by atoms with Crippen molar-refractivity contribution in [2.45, 2.75) is 6.54 Å². The predicted molar refractivity (Wildman–Crippen MR) is 112 cm³/mol. The molecule has 1 aromatic heterocycles. The van der Waals surface area contributed by atoms with Crippen molar-refractivity contribution >= 4 is 29.9 Å². The Hall–Kier alpha value is -1.88. The number of ether oxygens (including phenoxy) is 1. The minimum atomic E-state index is -0.297. The lowest BCUT2D eigenvalue weighted by Gasteiger charge is -2.36. The normalized spacial score (nSPS) is 15.3. The molecular weight excluding hydrogens is 464 g/mol. The minimum absolute atomic E-state index is 0. The third-order valence-electron chi connectivity index (χ3n) is 4.21. The van der Waals surface area contributed by atoms with E-state index in [1.54, 1.807) is 25.4 Å². The van der Waals surface area contributed by atoms with Gasteiger partial charge in [-0.25, -0.2) is 4.39 Å². The molecule has 7 nitrogen and oxygen atoms in total. The van der Waals surface area contributed by atoms with Gasteiger partial charge in [0.2, 0.25) is 0 Å². The number of benzene rings is 1. The first-order valence-electron chi connectivity index (χ1n) is 8.70. The summed E-state index contributed by atoms with van der Waals surface area (Å²) in [4.78, 5) is 8.91. The van der Waals surface area contributed by atoms with Gasteiger partial charge < -0.3 is 19.5 Å². The second-order valence-electron chi connectivity index (χ2n) is 6.03. The lowest BCUT2D eigenvalue weighted by molar-refractivity contribution is 0.168. The number of nitrogens with zero attached hydrogens (tertiary/aromatic N) is 4. The molecule has 1 aliphatic heterocycles. The van der Waals surface area contributed by atoms with Crippen LogP contribution in [0, 0.1) is 5.82 Å². The number of nitrogens with one attached hydrogen (secondary N) is 1. The van der Waals surface area contributed by atoms with E-state index in [-0.39, 0.29) is 29.8 Å². The van der Waals surface area contributed by atoms with Gasteiger partial charge in [0.25, 0.3) is 0 Å². The molecule has 1 aliphatic rings. The highest BCUT2D eigenvalue weighted by atomic mass is 127. The van der Waals surface area contributed by atoms with Crippen molar-refractivity contribution in [3.8, 4) is 5.75 Å². The molecule has 1 fully saturated rings. The number of hydrogen-bond donors (Lipinski definition) is 1. The molecule has 0 atom stereocenters. The number of hydrogen-bond acceptors (Lipinski definition) is 5. The standard InChI is InChI=1S/C18H24FN5O2.HI/c1-20-18(21-6-12-25-17-4-2-3-15(19)13-17)24-9-7-23(8-10-24)14-16-5-11-26-22-16;/h2-5,11,13H,6-10,12,14H2,1H3,(H,20,21);1H. The number of halogens is 2. The fraction of sp³-hybridized carbons (Fsp3) is 0.444. The van der Waals surface area contributed by atoms with Gasteiger partial charge >= 0.3 is 0 Å². The van der Waals surface area contributed by atoms with Crippen molar-refractivity contribution in [1.29, 1.82) is 0 Å². The number of aliphatic imine (C=N–C) groups is 1. The number of piperazine rings is 1. The maximum absolute atomic E-state index is 13.1. The first-order chi connectivity index (χ1) is 12.7. The van der Waals surface area contributed by atoms with Gasteiger partial charge in [-0.05, 0) is 12.1 Å². The van der Waals surface area contributed by atoms with Gasteiger partial charge in [-0.3, -0.25) is 9.89 Å². The molecule has 0 radical (unpaired) electrons. The Labute approximate surface area is 175 Å². The monoisotopic (exact) mass is 489 g/mol. The third kappa shape index (κ3) is 6.65. The fourth-order valence-corrected chi connectivity index (χ4v) is 2.89. The highest BCUT2D eigenvalue weighted by molar-refractivity contribution is 14.0. The van der Waals surface area contributed by atoms with E-state index in [4.69, 9.17) is 9.26 Å². The first-order valence-corrected chi connectivity index (χ1v) is 8.70. The SMILES string of the molecule is CN=C(NCCOc1cccc(F)c1)N1CCN(Cc2ccon2)CC1.I. The Balaban J connectivity index is 0.00000261. The molecule has 0 spiro atoms. The van der Waals surface area contributed by atoms with Gasteiger partial charge in [-0.15, -0.1) is 24.0 Å². The fourth-order valence-electron chi connectivity index (χ4n) is 2.89. The molecule has 0 aliphatic carbocycles. The van der Waals surface area contributed by atoms with Crippen LogP contribution < -0.4 is 10.1 Å². The van der Waals surface area contributed by atoms with Gasteiger partial charge in [0, 0.05) is 51.9 Å². The molecular formula is C18H25FIN5O2. The number of guanidine groups is 1. The van der Waals surface area contributed by atoms with Crippen LogP contribution in [0.2, 0.25) is 0 Å². The Bertz CT molecular complexity index is 706. The Morgan fingerprint density at radius 2 is 2.11 bits per heavy atom. The van der Waals surface area contributed by atoms with E-state index in [9.17, 15) is 4.39 Å². The van der Waals surface area contributed by atoms with Crippen LogP contribution >= 0.6 is 24.0 Å². The molecule has 9 heteroatoms. The van der Waals surface area contributed by atoms with Gasteiger partial charge in [-0.2, -0.15) is 0 Å². The Morgan fingerprint density at radius 1 is 1.30 bits per heavy atom. The lowest BCUT2D eigenvalue weighted by atomic mass is 10.3. The molecule has 1 aromatic carbocycles. The quantitative estimate of drug-likeness (QED) is 0.291. The van der Waals surface area contributed by atoms with E-state index < -0.39 is 0 Å². The van der Waals surface area contributed by atoms with E-state index in [1.165, 1.54) is 12.1 Å². The van der Waals surface area contributed by atoms with Crippen molar-refractivity contribution < 1.29 is 13.7 Å². The summed E-state index contributed by atoms with van der Waals surface area (Å²) in [6.07, 6.45) is 1.60. The molecule has 2 heterocycles. The van der Waals surface area contributed by atoms with Crippen LogP contribution in [0.25, 0.3) is 0 Å². The van der Waals surface area contributed by atoms with E-state index in [0.29, 0.717) is 18.9 Å². The molecule has 148 valence electrons. The summed E-state index contributed by atoms with van der Waals surface area (Å²) < 4.78 is 23.5. The highest BCUT2D eigenvalue weighted by Gasteiger charge is 2.20. The molecule has 0 saturated carbocycles. The summed E-state index contributed by atoms with van der Waals surface area (Å²) in [5.74, 6) is 1.09. The van der Waals surface area contributed by atoms with E-state index >= 15 is 0 Å². The molecule has 3 rings (SSSR count). The van der Waals surface area contributed by atoms with Gasteiger partial charge in [0.1, 0.15) is 24.4 Å². The van der Waals surface area contributed by atoms with Crippen LogP contribution in [-0.4, -0.2) is 67.3 Å². The van der Waals surface area contributed by atoms with Crippen molar-refractivity contribution in [3.05, 3.63) is 48.1 Å². The zero-order valence-corrected chi connectivity index (χ0v) is 17.6. The smallest absolute Gasteiger partial charge is 0.193 e. The summed E-state index contributed by atoms with van der Waals surface area (Å²) >= 11 is 0. The molecule has 0 unspecified atom stereocenters. The lowest BCUT2D eigenvalue weighted by Crippen LogP contribution is -2.52. The molecule has 2 aromatic rings. The van der Waals surface area contributed by atoms with Gasteiger partial charge in [0.05, 0.1) is 12.2 Å². The van der Waals surface area contributed by atoms with Crippen LogP contribution in [0.4, 0.5) is 4.39 Å². The zero-order valence-electron chi connectivity index (χ0n) is 15.3. The first kappa shape index (κ1) is 21.4. The zero-order chi connectivity index (χ0) is 18.2. The largest absolute Gasteiger partial charge is 0.492 e. The summed E-state index contributed by atoms with van der Waals surface area (Å²) in [5, 5.41) is 7.25. The maximum atomic E-state index is 13.1. The highest BCUT2D eigenvalue weighted by Crippen LogP contribution is 2.11. The average molecular weight is 489 g/mol. The summed E-state index contributed by atoms with van der Waals surface area (Å²) in [5.41, 5.74) is 0.954. The van der Waals surface area contributed by atoms with Crippen LogP contribution in [0.1, 0.15) is 5.69 Å². The van der Waals surface area contributed by atoms with Crippen molar-refractivity contribution in [3.63, 3.8) is 0 Å². The second-order valence-corrected chi connectivity index (χ2v) is 6.03. The summed E-state index contributed by atoms with van der Waals surface area (Å²) in [6.45, 7) is 5.50. The number of rotatable bonds is 6. The molecule has 1 saturated heterocycles. The average Bonchev–Trinajstić information content (AvgIpc) is 3.16. The van der Waals surface area contributed by atoms with Crippen LogP contribution in [0.3, 0.4) is 0 Å². The number of aromatic nitrogens is 1. The third-order valence-corrected chi connectivity index (χ3v) is 4.21. The van der Waals surface area contributed by atoms with Crippen molar-refractivity contribution in [2.75, 3.05) is 46.4 Å². The minimum Gasteiger partial charge on any atom is -0.492 e. The van der Waals surface area contributed by atoms with Gasteiger partial charge in [-0.1, -0.05) is 11.2 Å². The van der Waals surface area contributed by atoms with Gasteiger partial charge in [0.15, 0.2) is 5.96 Å². The van der Waals surface area contributed by atoms with Crippen LogP contribution in [0.15, 0.2) is 46.1 Å². The van der Waals surface area contributed by atoms with E-state index in [0.717, 1.165) is 44.4 Å². The predicted octanol–water partition coefficient (Wildman–Crippen LogP) is 2.20.